The molecule has 2 heterocycles. The van der Waals surface area contributed by atoms with Gasteiger partial charge >= 0.3 is 0 Å². The number of H-pyrrole nitrogens is 1. The zero-order valence-corrected chi connectivity index (χ0v) is 13.1. The Bertz CT molecular complexity index is 650. The normalized spacial score (nSPS) is 17.7. The van der Waals surface area contributed by atoms with Crippen LogP contribution in [0.1, 0.15) is 24.6 Å². The Morgan fingerprint density at radius 2 is 2.18 bits per heavy atom. The summed E-state index contributed by atoms with van der Waals surface area (Å²) in [7, 11) is 0. The van der Waals surface area contributed by atoms with Gasteiger partial charge in [0.25, 0.3) is 0 Å². The first-order valence-electron chi connectivity index (χ1n) is 7.83. The SMILES string of the molecule is CCc1[nH]nc(NC(=O)C2CCN(c3ccccc3)C2)c1C. The fraction of sp³-hybridized carbons (Fsp3) is 0.412. The third-order valence-electron chi connectivity index (χ3n) is 4.39. The molecule has 116 valence electrons. The molecule has 5 heteroatoms. The van der Waals surface area contributed by atoms with Crippen LogP contribution in [0.2, 0.25) is 0 Å². The van der Waals surface area contributed by atoms with E-state index in [0.29, 0.717) is 5.82 Å². The van der Waals surface area contributed by atoms with Crippen molar-refractivity contribution < 1.29 is 4.79 Å². The smallest absolute Gasteiger partial charge is 0.230 e. The van der Waals surface area contributed by atoms with Crippen LogP contribution < -0.4 is 10.2 Å². The molecular formula is C17H22N4O. The summed E-state index contributed by atoms with van der Waals surface area (Å²) in [5.74, 6) is 0.747. The van der Waals surface area contributed by atoms with Crippen LogP contribution in [-0.4, -0.2) is 29.2 Å². The molecule has 1 aromatic heterocycles. The highest BCUT2D eigenvalue weighted by atomic mass is 16.2. The number of para-hydroxylation sites is 1. The summed E-state index contributed by atoms with van der Waals surface area (Å²) in [6, 6.07) is 10.2. The number of aromatic amines is 1. The first-order chi connectivity index (χ1) is 10.7. The van der Waals surface area contributed by atoms with Gasteiger partial charge in [-0.3, -0.25) is 9.89 Å². The molecule has 0 spiro atoms. The third kappa shape index (κ3) is 2.84. The predicted octanol–water partition coefficient (Wildman–Crippen LogP) is 2.75. The van der Waals surface area contributed by atoms with E-state index in [1.807, 2.05) is 25.1 Å². The summed E-state index contributed by atoms with van der Waals surface area (Å²) in [5.41, 5.74) is 3.29. The van der Waals surface area contributed by atoms with E-state index in [0.717, 1.165) is 37.2 Å². The summed E-state index contributed by atoms with van der Waals surface area (Å²) in [6.45, 7) is 5.74. The Kier molecular flexibility index (Phi) is 4.13. The van der Waals surface area contributed by atoms with E-state index in [1.165, 1.54) is 5.69 Å². The van der Waals surface area contributed by atoms with E-state index in [-0.39, 0.29) is 11.8 Å². The van der Waals surface area contributed by atoms with Crippen LogP contribution in [0, 0.1) is 12.8 Å². The van der Waals surface area contributed by atoms with E-state index < -0.39 is 0 Å². The van der Waals surface area contributed by atoms with E-state index in [9.17, 15) is 4.79 Å². The van der Waals surface area contributed by atoms with Crippen molar-refractivity contribution in [2.75, 3.05) is 23.3 Å². The van der Waals surface area contributed by atoms with Gasteiger partial charge in [0.1, 0.15) is 0 Å². The van der Waals surface area contributed by atoms with Crippen LogP contribution in [0.5, 0.6) is 0 Å². The number of hydrogen-bond donors (Lipinski definition) is 2. The molecule has 1 aromatic carbocycles. The Morgan fingerprint density at radius 1 is 1.41 bits per heavy atom. The van der Waals surface area contributed by atoms with Crippen molar-refractivity contribution in [3.05, 3.63) is 41.6 Å². The molecule has 0 saturated carbocycles. The molecule has 1 amide bonds. The van der Waals surface area contributed by atoms with E-state index in [4.69, 9.17) is 0 Å². The molecule has 5 nitrogen and oxygen atoms in total. The van der Waals surface area contributed by atoms with E-state index in [2.05, 4.69) is 39.5 Å². The number of carbonyl (C=O) groups is 1. The maximum absolute atomic E-state index is 12.4. The molecule has 0 bridgehead atoms. The third-order valence-corrected chi connectivity index (χ3v) is 4.39. The van der Waals surface area contributed by atoms with Gasteiger partial charge in [0.15, 0.2) is 5.82 Å². The zero-order chi connectivity index (χ0) is 15.5. The second-order valence-corrected chi connectivity index (χ2v) is 5.79. The molecule has 22 heavy (non-hydrogen) atoms. The van der Waals surface area contributed by atoms with Gasteiger partial charge in [-0.1, -0.05) is 25.1 Å². The quantitative estimate of drug-likeness (QED) is 0.912. The molecular weight excluding hydrogens is 276 g/mol. The van der Waals surface area contributed by atoms with Crippen molar-refractivity contribution in [2.45, 2.75) is 26.7 Å². The zero-order valence-electron chi connectivity index (χ0n) is 13.1. The average molecular weight is 298 g/mol. The molecule has 3 rings (SSSR count). The van der Waals surface area contributed by atoms with E-state index in [1.54, 1.807) is 0 Å². The van der Waals surface area contributed by atoms with Crippen LogP contribution in [0.3, 0.4) is 0 Å². The summed E-state index contributed by atoms with van der Waals surface area (Å²) < 4.78 is 0. The van der Waals surface area contributed by atoms with Crippen LogP contribution >= 0.6 is 0 Å². The first-order valence-corrected chi connectivity index (χ1v) is 7.83. The standard InChI is InChI=1S/C17H22N4O/c1-3-15-12(2)16(20-19-15)18-17(22)13-9-10-21(11-13)14-7-5-4-6-8-14/h4-8,13H,3,9-11H2,1-2H3,(H2,18,19,20,22). The van der Waals surface area contributed by atoms with Crippen molar-refractivity contribution >= 4 is 17.4 Å². The van der Waals surface area contributed by atoms with Gasteiger partial charge in [-0.05, 0) is 31.9 Å². The van der Waals surface area contributed by atoms with E-state index >= 15 is 0 Å². The molecule has 1 unspecified atom stereocenters. The number of aryl methyl sites for hydroxylation is 1. The molecule has 2 N–H and O–H groups in total. The molecule has 1 aliphatic rings. The molecule has 1 atom stereocenters. The lowest BCUT2D eigenvalue weighted by Gasteiger charge is -2.18. The molecule has 1 saturated heterocycles. The molecule has 0 aliphatic carbocycles. The molecule has 0 radical (unpaired) electrons. The Morgan fingerprint density at radius 3 is 2.86 bits per heavy atom. The Labute approximate surface area is 130 Å². The van der Waals surface area contributed by atoms with Gasteiger partial charge < -0.3 is 10.2 Å². The van der Waals surface area contributed by atoms with Crippen LogP contribution in [0.15, 0.2) is 30.3 Å². The molecule has 1 fully saturated rings. The highest BCUT2D eigenvalue weighted by Crippen LogP contribution is 2.25. The molecule has 2 aromatic rings. The van der Waals surface area contributed by atoms with Crippen molar-refractivity contribution in [3.63, 3.8) is 0 Å². The maximum Gasteiger partial charge on any atom is 0.230 e. The van der Waals surface area contributed by atoms with Crippen LogP contribution in [-0.2, 0) is 11.2 Å². The maximum atomic E-state index is 12.4. The number of benzene rings is 1. The van der Waals surface area contributed by atoms with Gasteiger partial charge in [-0.2, -0.15) is 5.10 Å². The highest BCUT2D eigenvalue weighted by Gasteiger charge is 2.29. The predicted molar refractivity (Wildman–Crippen MR) is 88.1 cm³/mol. The summed E-state index contributed by atoms with van der Waals surface area (Å²) in [6.07, 6.45) is 1.77. The Balaban J connectivity index is 1.63. The number of hydrogen-bond acceptors (Lipinski definition) is 3. The fourth-order valence-electron chi connectivity index (χ4n) is 2.97. The van der Waals surface area contributed by atoms with Gasteiger partial charge in [0.05, 0.1) is 5.92 Å². The second-order valence-electron chi connectivity index (χ2n) is 5.79. The van der Waals surface area contributed by atoms with Gasteiger partial charge in [0.2, 0.25) is 5.91 Å². The number of aromatic nitrogens is 2. The average Bonchev–Trinajstić information content (AvgIpc) is 3.16. The minimum absolute atomic E-state index is 0.0152. The van der Waals surface area contributed by atoms with Crippen LogP contribution in [0.25, 0.3) is 0 Å². The van der Waals surface area contributed by atoms with Crippen molar-refractivity contribution in [2.24, 2.45) is 5.92 Å². The van der Waals surface area contributed by atoms with Crippen molar-refractivity contribution in [1.29, 1.82) is 0 Å². The number of nitrogens with one attached hydrogen (secondary N) is 2. The van der Waals surface area contributed by atoms with Gasteiger partial charge in [-0.15, -0.1) is 0 Å². The Hall–Kier alpha value is -2.30. The number of nitrogens with zero attached hydrogens (tertiary/aromatic N) is 2. The fourth-order valence-corrected chi connectivity index (χ4v) is 2.97. The molecule has 1 aliphatic heterocycles. The van der Waals surface area contributed by atoms with Crippen molar-refractivity contribution in [3.8, 4) is 0 Å². The second kappa shape index (κ2) is 6.22. The van der Waals surface area contributed by atoms with Gasteiger partial charge in [0, 0.05) is 30.0 Å². The first kappa shape index (κ1) is 14.6. The number of rotatable bonds is 4. The topological polar surface area (TPSA) is 61.0 Å². The lowest BCUT2D eigenvalue weighted by Crippen LogP contribution is -2.27. The lowest BCUT2D eigenvalue weighted by atomic mass is 10.1. The minimum Gasteiger partial charge on any atom is -0.371 e. The van der Waals surface area contributed by atoms with Crippen LogP contribution in [0.4, 0.5) is 11.5 Å². The highest BCUT2D eigenvalue weighted by molar-refractivity contribution is 5.93. The largest absolute Gasteiger partial charge is 0.371 e. The number of carbonyl (C=O) groups excluding carboxylic acids is 1. The minimum atomic E-state index is 0.0152. The van der Waals surface area contributed by atoms with Gasteiger partial charge in [-0.25, -0.2) is 0 Å². The van der Waals surface area contributed by atoms with Crippen molar-refractivity contribution in [1.82, 2.24) is 10.2 Å². The monoisotopic (exact) mass is 298 g/mol. The number of amides is 1. The summed E-state index contributed by atoms with van der Waals surface area (Å²) in [5, 5.41) is 10.2. The summed E-state index contributed by atoms with van der Waals surface area (Å²) >= 11 is 0. The number of anilines is 2. The summed E-state index contributed by atoms with van der Waals surface area (Å²) in [4.78, 5) is 14.7. The lowest BCUT2D eigenvalue weighted by molar-refractivity contribution is -0.119.